The molecular weight excluding hydrogens is 204 g/mol. The maximum absolute atomic E-state index is 2.42. The second-order valence-electron chi connectivity index (χ2n) is 6.83. The molecule has 0 heterocycles. The second-order valence-corrected chi connectivity index (χ2v) is 6.83. The summed E-state index contributed by atoms with van der Waals surface area (Å²) in [4.78, 5) is 0. The number of unbranched alkanes of at least 4 members (excludes halogenated alkanes) is 5. The van der Waals surface area contributed by atoms with Gasteiger partial charge in [-0.15, -0.1) is 0 Å². The zero-order valence-corrected chi connectivity index (χ0v) is 13.1. The predicted octanol–water partition coefficient (Wildman–Crippen LogP) is 6.45. The number of hydrogen-bond acceptors (Lipinski definition) is 0. The fourth-order valence-electron chi connectivity index (χ4n) is 2.68. The number of hydrogen-bond donors (Lipinski definition) is 0. The molecule has 0 fully saturated rings. The van der Waals surface area contributed by atoms with Crippen LogP contribution in [0.1, 0.15) is 92.4 Å². The van der Waals surface area contributed by atoms with E-state index in [9.17, 15) is 0 Å². The van der Waals surface area contributed by atoms with E-state index in [-0.39, 0.29) is 0 Å². The molecule has 0 spiro atoms. The molecule has 0 nitrogen and oxygen atoms in total. The smallest absolute Gasteiger partial charge is 0.0440 e. The Morgan fingerprint density at radius 3 is 1.47 bits per heavy atom. The van der Waals surface area contributed by atoms with Gasteiger partial charge < -0.3 is 0 Å². The molecule has 0 heteroatoms. The summed E-state index contributed by atoms with van der Waals surface area (Å²) >= 11 is 0. The highest BCUT2D eigenvalue weighted by atomic mass is 14.1. The average molecular weight is 240 g/mol. The first-order valence-corrected chi connectivity index (χ1v) is 8.02. The van der Waals surface area contributed by atoms with Crippen LogP contribution in [0.25, 0.3) is 0 Å². The summed E-state index contributed by atoms with van der Waals surface area (Å²) in [6.07, 6.45) is 13.0. The van der Waals surface area contributed by atoms with Crippen LogP contribution in [0, 0.1) is 17.8 Å². The summed E-state index contributed by atoms with van der Waals surface area (Å²) in [6, 6.07) is 0. The summed E-state index contributed by atoms with van der Waals surface area (Å²) in [5.74, 6) is 2.71. The van der Waals surface area contributed by atoms with Gasteiger partial charge in [0.05, 0.1) is 0 Å². The van der Waals surface area contributed by atoms with E-state index in [0.29, 0.717) is 0 Å². The molecular formula is C17H36. The van der Waals surface area contributed by atoms with Gasteiger partial charge in [-0.1, -0.05) is 86.0 Å². The lowest BCUT2D eigenvalue weighted by atomic mass is 9.93. The zero-order valence-electron chi connectivity index (χ0n) is 13.1. The second kappa shape index (κ2) is 11.1. The third kappa shape index (κ3) is 13.9. The average Bonchev–Trinajstić information content (AvgIpc) is 2.20. The standard InChI is InChI=1S/C17H36/c1-15(2)12-10-8-6-7-9-11-13-17(5)14-16(3)4/h15-17H,6-14H2,1-5H3. The van der Waals surface area contributed by atoms with Crippen LogP contribution in [0.5, 0.6) is 0 Å². The van der Waals surface area contributed by atoms with Gasteiger partial charge in [-0.2, -0.15) is 0 Å². The summed E-state index contributed by atoms with van der Waals surface area (Å²) < 4.78 is 0. The van der Waals surface area contributed by atoms with Crippen molar-refractivity contribution in [2.24, 2.45) is 17.8 Å². The third-order valence-corrected chi connectivity index (χ3v) is 3.60. The van der Waals surface area contributed by atoms with Crippen molar-refractivity contribution in [3.63, 3.8) is 0 Å². The molecule has 0 aliphatic rings. The molecule has 0 radical (unpaired) electrons. The van der Waals surface area contributed by atoms with Crippen LogP contribution in [0.3, 0.4) is 0 Å². The molecule has 0 aromatic heterocycles. The maximum atomic E-state index is 2.42. The van der Waals surface area contributed by atoms with E-state index in [4.69, 9.17) is 0 Å². The van der Waals surface area contributed by atoms with Gasteiger partial charge in [-0.25, -0.2) is 0 Å². The van der Waals surface area contributed by atoms with Crippen LogP contribution in [-0.4, -0.2) is 0 Å². The Hall–Kier alpha value is 0. The van der Waals surface area contributed by atoms with Gasteiger partial charge in [0.15, 0.2) is 0 Å². The Morgan fingerprint density at radius 2 is 1.00 bits per heavy atom. The minimum absolute atomic E-state index is 0.876. The van der Waals surface area contributed by atoms with Gasteiger partial charge in [-0.05, 0) is 24.2 Å². The minimum atomic E-state index is 0.876. The quantitative estimate of drug-likeness (QED) is 0.364. The largest absolute Gasteiger partial charge is 0.0628 e. The van der Waals surface area contributed by atoms with Gasteiger partial charge in [0, 0.05) is 0 Å². The van der Waals surface area contributed by atoms with Crippen LogP contribution < -0.4 is 0 Å². The Labute approximate surface area is 111 Å². The van der Waals surface area contributed by atoms with Gasteiger partial charge in [-0.3, -0.25) is 0 Å². The molecule has 0 aliphatic heterocycles. The van der Waals surface area contributed by atoms with E-state index in [1.54, 1.807) is 0 Å². The summed E-state index contributed by atoms with van der Waals surface area (Å²) in [6.45, 7) is 11.8. The van der Waals surface area contributed by atoms with Crippen molar-refractivity contribution < 1.29 is 0 Å². The molecule has 0 N–H and O–H groups in total. The topological polar surface area (TPSA) is 0 Å². The van der Waals surface area contributed by atoms with Crippen molar-refractivity contribution in [1.82, 2.24) is 0 Å². The van der Waals surface area contributed by atoms with Gasteiger partial charge >= 0.3 is 0 Å². The first-order valence-electron chi connectivity index (χ1n) is 8.02. The molecule has 0 saturated heterocycles. The lowest BCUT2D eigenvalue weighted by Gasteiger charge is -2.13. The van der Waals surface area contributed by atoms with Crippen molar-refractivity contribution >= 4 is 0 Å². The highest BCUT2D eigenvalue weighted by Gasteiger charge is 2.04. The Morgan fingerprint density at radius 1 is 0.529 bits per heavy atom. The SMILES string of the molecule is CC(C)CCCCCCCCC(C)CC(C)C. The molecule has 17 heavy (non-hydrogen) atoms. The Kier molecular flexibility index (Phi) is 11.1. The van der Waals surface area contributed by atoms with Crippen LogP contribution in [0.2, 0.25) is 0 Å². The normalized spacial score (nSPS) is 13.6. The van der Waals surface area contributed by atoms with Gasteiger partial charge in [0.25, 0.3) is 0 Å². The minimum Gasteiger partial charge on any atom is -0.0628 e. The van der Waals surface area contributed by atoms with Crippen LogP contribution in [0.4, 0.5) is 0 Å². The Balaban J connectivity index is 3.13. The monoisotopic (exact) mass is 240 g/mol. The summed E-state index contributed by atoms with van der Waals surface area (Å²) in [7, 11) is 0. The molecule has 0 aromatic rings. The third-order valence-electron chi connectivity index (χ3n) is 3.60. The lowest BCUT2D eigenvalue weighted by Crippen LogP contribution is -1.99. The van der Waals surface area contributed by atoms with Crippen molar-refractivity contribution in [1.29, 1.82) is 0 Å². The summed E-state index contributed by atoms with van der Waals surface area (Å²) in [5.41, 5.74) is 0. The van der Waals surface area contributed by atoms with Gasteiger partial charge in [0.1, 0.15) is 0 Å². The van der Waals surface area contributed by atoms with E-state index < -0.39 is 0 Å². The summed E-state index contributed by atoms with van der Waals surface area (Å²) in [5, 5.41) is 0. The van der Waals surface area contributed by atoms with Crippen LogP contribution in [0.15, 0.2) is 0 Å². The molecule has 0 saturated carbocycles. The first-order chi connectivity index (χ1) is 8.02. The first kappa shape index (κ1) is 17.0. The molecule has 0 aromatic carbocycles. The molecule has 1 atom stereocenters. The van der Waals surface area contributed by atoms with Crippen molar-refractivity contribution in [3.8, 4) is 0 Å². The van der Waals surface area contributed by atoms with E-state index in [0.717, 1.165) is 17.8 Å². The lowest BCUT2D eigenvalue weighted by molar-refractivity contribution is 0.396. The van der Waals surface area contributed by atoms with Gasteiger partial charge in [0.2, 0.25) is 0 Å². The van der Waals surface area contributed by atoms with E-state index in [1.807, 2.05) is 0 Å². The fourth-order valence-corrected chi connectivity index (χ4v) is 2.68. The van der Waals surface area contributed by atoms with Crippen molar-refractivity contribution in [2.45, 2.75) is 92.4 Å². The highest BCUT2D eigenvalue weighted by Crippen LogP contribution is 2.18. The molecule has 0 rings (SSSR count). The Bertz CT molecular complexity index is 146. The van der Waals surface area contributed by atoms with Crippen molar-refractivity contribution in [2.75, 3.05) is 0 Å². The fraction of sp³-hybridized carbons (Fsp3) is 1.00. The number of rotatable bonds is 11. The molecule has 0 amide bonds. The molecule has 0 aliphatic carbocycles. The predicted molar refractivity (Wildman–Crippen MR) is 80.4 cm³/mol. The molecule has 0 bridgehead atoms. The van der Waals surface area contributed by atoms with E-state index >= 15 is 0 Å². The van der Waals surface area contributed by atoms with E-state index in [2.05, 4.69) is 34.6 Å². The van der Waals surface area contributed by atoms with Crippen LogP contribution in [-0.2, 0) is 0 Å². The highest BCUT2D eigenvalue weighted by molar-refractivity contribution is 4.57. The molecule has 1 unspecified atom stereocenters. The van der Waals surface area contributed by atoms with E-state index in [1.165, 1.54) is 57.8 Å². The molecule has 104 valence electrons. The maximum Gasteiger partial charge on any atom is -0.0440 e. The van der Waals surface area contributed by atoms with Crippen molar-refractivity contribution in [3.05, 3.63) is 0 Å². The van der Waals surface area contributed by atoms with Crippen LogP contribution >= 0.6 is 0 Å². The zero-order chi connectivity index (χ0) is 13.1.